The zero-order chi connectivity index (χ0) is 15.7. The van der Waals surface area contributed by atoms with E-state index in [1.54, 1.807) is 18.9 Å². The number of hydrogen-bond donors (Lipinski definition) is 0. The predicted octanol–water partition coefficient (Wildman–Crippen LogP) is 3.67. The highest BCUT2D eigenvalue weighted by Gasteiger charge is 2.07. The number of benzene rings is 2. The lowest BCUT2D eigenvalue weighted by Crippen LogP contribution is -2.25. The van der Waals surface area contributed by atoms with Crippen molar-refractivity contribution in [2.75, 3.05) is 13.6 Å². The van der Waals surface area contributed by atoms with Crippen molar-refractivity contribution in [3.05, 3.63) is 71.8 Å². The van der Waals surface area contributed by atoms with Gasteiger partial charge in [0.2, 0.25) is 0 Å². The Morgan fingerprint density at radius 3 is 1.62 bits per heavy atom. The van der Waals surface area contributed by atoms with E-state index in [9.17, 15) is 9.59 Å². The lowest BCUT2D eigenvalue weighted by molar-refractivity contribution is 0.0802. The molecule has 0 aromatic heterocycles. The number of hydrogen-bond acceptors (Lipinski definition) is 2. The van der Waals surface area contributed by atoms with Gasteiger partial charge in [0.25, 0.3) is 5.91 Å². The minimum absolute atomic E-state index is 0.0816. The Bertz CT molecular complexity index is 564. The molecule has 0 heterocycles. The van der Waals surface area contributed by atoms with Gasteiger partial charge in [0.15, 0.2) is 5.78 Å². The van der Waals surface area contributed by atoms with E-state index in [2.05, 4.69) is 0 Å². The van der Waals surface area contributed by atoms with Gasteiger partial charge in [0.05, 0.1) is 0 Å². The molecule has 2 rings (SSSR count). The molecule has 3 nitrogen and oxygen atoms in total. The normalized spacial score (nSPS) is 9.29. The van der Waals surface area contributed by atoms with Gasteiger partial charge in [-0.25, -0.2) is 0 Å². The molecule has 0 aliphatic carbocycles. The number of rotatable bonds is 3. The lowest BCUT2D eigenvalue weighted by atomic mass is 10.2. The van der Waals surface area contributed by atoms with Crippen molar-refractivity contribution in [2.45, 2.75) is 13.8 Å². The fourth-order valence-corrected chi connectivity index (χ4v) is 1.62. The van der Waals surface area contributed by atoms with Gasteiger partial charge in [-0.05, 0) is 26.0 Å². The Morgan fingerprint density at radius 1 is 0.857 bits per heavy atom. The van der Waals surface area contributed by atoms with Gasteiger partial charge in [-0.1, -0.05) is 48.5 Å². The van der Waals surface area contributed by atoms with Crippen molar-refractivity contribution in [3.8, 4) is 0 Å². The molecule has 0 spiro atoms. The first-order chi connectivity index (χ1) is 10.1. The lowest BCUT2D eigenvalue weighted by Gasteiger charge is -2.13. The van der Waals surface area contributed by atoms with Gasteiger partial charge in [0.1, 0.15) is 0 Å². The molecule has 3 heteroatoms. The quantitative estimate of drug-likeness (QED) is 0.806. The van der Waals surface area contributed by atoms with Crippen molar-refractivity contribution in [2.24, 2.45) is 0 Å². The predicted molar refractivity (Wildman–Crippen MR) is 85.5 cm³/mol. The molecule has 21 heavy (non-hydrogen) atoms. The summed E-state index contributed by atoms with van der Waals surface area (Å²) in [5, 5.41) is 0. The van der Waals surface area contributed by atoms with Crippen LogP contribution in [-0.4, -0.2) is 30.2 Å². The summed E-state index contributed by atoms with van der Waals surface area (Å²) in [6, 6.07) is 18.5. The summed E-state index contributed by atoms with van der Waals surface area (Å²) in [6.07, 6.45) is 0. The van der Waals surface area contributed by atoms with Crippen LogP contribution in [-0.2, 0) is 0 Å². The molecule has 0 atom stereocenters. The Morgan fingerprint density at radius 2 is 1.29 bits per heavy atom. The fourth-order valence-electron chi connectivity index (χ4n) is 1.62. The van der Waals surface area contributed by atoms with Crippen LogP contribution in [0.4, 0.5) is 0 Å². The van der Waals surface area contributed by atoms with Crippen LogP contribution in [0.2, 0.25) is 0 Å². The zero-order valence-corrected chi connectivity index (χ0v) is 12.7. The van der Waals surface area contributed by atoms with Gasteiger partial charge in [-0.2, -0.15) is 0 Å². The van der Waals surface area contributed by atoms with Crippen LogP contribution in [0.15, 0.2) is 60.7 Å². The van der Waals surface area contributed by atoms with E-state index in [4.69, 9.17) is 0 Å². The van der Waals surface area contributed by atoms with E-state index in [0.717, 1.165) is 17.7 Å². The Balaban J connectivity index is 0.000000219. The van der Waals surface area contributed by atoms with E-state index >= 15 is 0 Å². The monoisotopic (exact) mass is 283 g/mol. The molecule has 0 fully saturated rings. The SMILES string of the molecule is CC(=O)c1ccccc1.CCN(C)C(=O)c1ccccc1. The smallest absolute Gasteiger partial charge is 0.253 e. The second-order valence-electron chi connectivity index (χ2n) is 4.61. The van der Waals surface area contributed by atoms with Crippen molar-refractivity contribution in [1.29, 1.82) is 0 Å². The van der Waals surface area contributed by atoms with E-state index in [-0.39, 0.29) is 11.7 Å². The third kappa shape index (κ3) is 5.61. The third-order valence-corrected chi connectivity index (χ3v) is 3.02. The van der Waals surface area contributed by atoms with E-state index < -0.39 is 0 Å². The average molecular weight is 283 g/mol. The molecule has 0 aliphatic heterocycles. The van der Waals surface area contributed by atoms with Crippen LogP contribution in [0, 0.1) is 0 Å². The molecule has 2 aromatic rings. The highest BCUT2D eigenvalue weighted by molar-refractivity contribution is 5.94. The molecule has 0 unspecified atom stereocenters. The number of nitrogens with zero attached hydrogens (tertiary/aromatic N) is 1. The number of Topliss-reactive ketones (excluding diaryl/α,β-unsaturated/α-hetero) is 1. The van der Waals surface area contributed by atoms with Crippen LogP contribution in [0.3, 0.4) is 0 Å². The Kier molecular flexibility index (Phi) is 6.88. The average Bonchev–Trinajstić information content (AvgIpc) is 2.55. The highest BCUT2D eigenvalue weighted by atomic mass is 16.2. The molecule has 0 saturated carbocycles. The summed E-state index contributed by atoms with van der Waals surface area (Å²) in [6.45, 7) is 4.27. The van der Waals surface area contributed by atoms with Crippen LogP contribution >= 0.6 is 0 Å². The minimum atomic E-state index is 0.0816. The number of amides is 1. The third-order valence-electron chi connectivity index (χ3n) is 3.02. The Labute approximate surface area is 126 Å². The maximum absolute atomic E-state index is 11.5. The molecule has 2 aromatic carbocycles. The molecule has 0 saturated heterocycles. The van der Waals surface area contributed by atoms with Crippen LogP contribution in [0.25, 0.3) is 0 Å². The summed E-state index contributed by atoms with van der Waals surface area (Å²) in [4.78, 5) is 23.8. The van der Waals surface area contributed by atoms with E-state index in [0.29, 0.717) is 0 Å². The summed E-state index contributed by atoms with van der Waals surface area (Å²) >= 11 is 0. The molecular weight excluding hydrogens is 262 g/mol. The number of ketones is 1. The molecular formula is C18H21NO2. The first-order valence-electron chi connectivity index (χ1n) is 6.92. The standard InChI is InChI=1S/C10H13NO.C8H8O/c1-3-11(2)10(12)9-7-5-4-6-8-9;1-7(9)8-5-3-2-4-6-8/h4-8H,3H2,1-2H3;2-6H,1H3. The summed E-state index contributed by atoms with van der Waals surface area (Å²) < 4.78 is 0. The van der Waals surface area contributed by atoms with E-state index in [1.807, 2.05) is 67.6 Å². The summed E-state index contributed by atoms with van der Waals surface area (Å²) in [7, 11) is 1.80. The minimum Gasteiger partial charge on any atom is -0.342 e. The molecule has 1 amide bonds. The first-order valence-corrected chi connectivity index (χ1v) is 6.92. The van der Waals surface area contributed by atoms with Gasteiger partial charge >= 0.3 is 0 Å². The van der Waals surface area contributed by atoms with Crippen molar-refractivity contribution >= 4 is 11.7 Å². The molecule has 0 bridgehead atoms. The van der Waals surface area contributed by atoms with E-state index in [1.165, 1.54) is 0 Å². The summed E-state index contributed by atoms with van der Waals surface area (Å²) in [5.74, 6) is 0.203. The van der Waals surface area contributed by atoms with Crippen molar-refractivity contribution < 1.29 is 9.59 Å². The van der Waals surface area contributed by atoms with Crippen LogP contribution in [0.1, 0.15) is 34.6 Å². The second kappa shape index (κ2) is 8.69. The van der Waals surface area contributed by atoms with Gasteiger partial charge < -0.3 is 4.90 Å². The second-order valence-corrected chi connectivity index (χ2v) is 4.61. The molecule has 110 valence electrons. The zero-order valence-electron chi connectivity index (χ0n) is 12.7. The van der Waals surface area contributed by atoms with Crippen molar-refractivity contribution in [3.63, 3.8) is 0 Å². The fraction of sp³-hybridized carbons (Fsp3) is 0.222. The van der Waals surface area contributed by atoms with Gasteiger partial charge in [-0.3, -0.25) is 9.59 Å². The topological polar surface area (TPSA) is 37.4 Å². The van der Waals surface area contributed by atoms with Crippen molar-refractivity contribution in [1.82, 2.24) is 4.90 Å². The van der Waals surface area contributed by atoms with Crippen LogP contribution < -0.4 is 0 Å². The largest absolute Gasteiger partial charge is 0.342 e. The Hall–Kier alpha value is -2.42. The van der Waals surface area contributed by atoms with Gasteiger partial charge in [-0.15, -0.1) is 0 Å². The highest BCUT2D eigenvalue weighted by Crippen LogP contribution is 2.02. The molecule has 0 radical (unpaired) electrons. The number of carbonyl (C=O) groups excluding carboxylic acids is 2. The summed E-state index contributed by atoms with van der Waals surface area (Å²) in [5.41, 5.74) is 1.53. The molecule has 0 N–H and O–H groups in total. The maximum atomic E-state index is 11.5. The number of carbonyl (C=O) groups is 2. The van der Waals surface area contributed by atoms with Gasteiger partial charge in [0, 0.05) is 24.7 Å². The molecule has 0 aliphatic rings. The maximum Gasteiger partial charge on any atom is 0.253 e. The van der Waals surface area contributed by atoms with Crippen LogP contribution in [0.5, 0.6) is 0 Å². The first kappa shape index (κ1) is 16.6.